The lowest BCUT2D eigenvalue weighted by Crippen LogP contribution is -2.40. The smallest absolute Gasteiger partial charge is 0.310 e. The molecule has 2 aromatic rings. The lowest BCUT2D eigenvalue weighted by Gasteiger charge is -2.42. The Kier molecular flexibility index (Phi) is 4.62. The number of esters is 1. The van der Waals surface area contributed by atoms with E-state index >= 15 is 0 Å². The van der Waals surface area contributed by atoms with Crippen LogP contribution in [0.1, 0.15) is 28.7 Å². The molecule has 4 atom stereocenters. The van der Waals surface area contributed by atoms with Crippen LogP contribution in [0.3, 0.4) is 0 Å². The first kappa shape index (κ1) is 19.8. The van der Waals surface area contributed by atoms with Crippen molar-refractivity contribution < 1.29 is 33.6 Å². The quantitative estimate of drug-likeness (QED) is 0.746. The highest BCUT2D eigenvalue weighted by atomic mass is 16.7. The van der Waals surface area contributed by atoms with Crippen LogP contribution in [0.5, 0.6) is 28.7 Å². The maximum atomic E-state index is 13.0. The number of aromatic hydroxyl groups is 1. The first-order chi connectivity index (χ1) is 14.9. The van der Waals surface area contributed by atoms with Gasteiger partial charge in [-0.25, -0.2) is 0 Å². The van der Waals surface area contributed by atoms with Gasteiger partial charge in [0.15, 0.2) is 23.0 Å². The monoisotopic (exact) mass is 427 g/mol. The maximum Gasteiger partial charge on any atom is 0.310 e. The minimum atomic E-state index is -0.390. The average molecular weight is 427 g/mol. The number of methoxy groups -OCH3 is 2. The molecule has 8 heteroatoms. The molecule has 2 heterocycles. The molecule has 1 N–H and O–H groups in total. The van der Waals surface area contributed by atoms with Gasteiger partial charge in [0.2, 0.25) is 12.5 Å². The summed E-state index contributed by atoms with van der Waals surface area (Å²) in [5.41, 5.74) is 2.85. The molecule has 2 aromatic carbocycles. The molecular formula is C23H25NO7. The number of ether oxygens (including phenoxy) is 5. The Morgan fingerprint density at radius 3 is 2.16 bits per heavy atom. The maximum absolute atomic E-state index is 13.0. The van der Waals surface area contributed by atoms with Crippen molar-refractivity contribution in [2.75, 3.05) is 41.7 Å². The third kappa shape index (κ3) is 2.89. The van der Waals surface area contributed by atoms with E-state index in [1.54, 1.807) is 12.1 Å². The van der Waals surface area contributed by atoms with E-state index in [1.165, 1.54) is 14.2 Å². The van der Waals surface area contributed by atoms with Crippen LogP contribution in [-0.4, -0.2) is 57.7 Å². The summed E-state index contributed by atoms with van der Waals surface area (Å²) < 4.78 is 27.6. The predicted octanol–water partition coefficient (Wildman–Crippen LogP) is 2.68. The fourth-order valence-electron chi connectivity index (χ4n) is 5.29. The molecular weight excluding hydrogens is 402 g/mol. The van der Waals surface area contributed by atoms with Crippen LogP contribution >= 0.6 is 0 Å². The lowest BCUT2D eigenvalue weighted by atomic mass is 9.65. The standard InChI is InChI=1S/C23H25NO7/c1-24(2)21-13-8-16-15(30-10-31-16)7-12(13)19(20-14(21)9-29-23(20)26)11-5-17(27-3)22(25)18(6-11)28-4/h5-8,14,19-21,25H,9-10H2,1-4H3/t14-,19?,20?,21+/m0/s1. The molecule has 31 heavy (non-hydrogen) atoms. The first-order valence-corrected chi connectivity index (χ1v) is 10.2. The molecule has 0 amide bonds. The average Bonchev–Trinajstić information content (AvgIpc) is 3.37. The van der Waals surface area contributed by atoms with Gasteiger partial charge >= 0.3 is 5.97 Å². The van der Waals surface area contributed by atoms with E-state index in [9.17, 15) is 9.90 Å². The van der Waals surface area contributed by atoms with Gasteiger partial charge in [-0.3, -0.25) is 4.79 Å². The van der Waals surface area contributed by atoms with Gasteiger partial charge in [-0.05, 0) is 55.1 Å². The number of carbonyl (C=O) groups is 1. The van der Waals surface area contributed by atoms with Gasteiger partial charge in [-0.1, -0.05) is 0 Å². The number of nitrogens with zero attached hydrogens (tertiary/aromatic N) is 1. The summed E-state index contributed by atoms with van der Waals surface area (Å²) in [4.78, 5) is 15.1. The van der Waals surface area contributed by atoms with Crippen molar-refractivity contribution in [3.05, 3.63) is 41.0 Å². The summed E-state index contributed by atoms with van der Waals surface area (Å²) in [6.45, 7) is 0.522. The lowest BCUT2D eigenvalue weighted by molar-refractivity contribution is -0.141. The SMILES string of the molecule is COc1cc(C2c3cc4c(cc3[C@@H](N(C)C)[C@H]3COC(=O)C23)OCO4)cc(OC)c1O. The van der Waals surface area contributed by atoms with Crippen molar-refractivity contribution in [2.24, 2.45) is 11.8 Å². The molecule has 2 unspecified atom stereocenters. The van der Waals surface area contributed by atoms with Gasteiger partial charge in [0.05, 0.1) is 26.7 Å². The van der Waals surface area contributed by atoms with E-state index in [4.69, 9.17) is 23.7 Å². The minimum Gasteiger partial charge on any atom is -0.502 e. The van der Waals surface area contributed by atoms with Crippen molar-refractivity contribution >= 4 is 5.97 Å². The Labute approximate surface area is 180 Å². The van der Waals surface area contributed by atoms with E-state index in [0.29, 0.717) is 18.1 Å². The van der Waals surface area contributed by atoms with Gasteiger partial charge in [-0.2, -0.15) is 0 Å². The summed E-state index contributed by atoms with van der Waals surface area (Å²) in [6.07, 6.45) is 0. The number of benzene rings is 2. The van der Waals surface area contributed by atoms with Crippen LogP contribution in [-0.2, 0) is 9.53 Å². The molecule has 0 spiro atoms. The zero-order valence-electron chi connectivity index (χ0n) is 17.9. The van der Waals surface area contributed by atoms with Gasteiger partial charge < -0.3 is 33.7 Å². The zero-order valence-corrected chi connectivity index (χ0v) is 17.9. The number of cyclic esters (lactones) is 1. The van der Waals surface area contributed by atoms with Crippen molar-refractivity contribution in [1.82, 2.24) is 4.90 Å². The van der Waals surface area contributed by atoms with Crippen LogP contribution in [0.4, 0.5) is 0 Å². The number of hydrogen-bond donors (Lipinski definition) is 1. The highest BCUT2D eigenvalue weighted by Crippen LogP contribution is 2.56. The Hall–Kier alpha value is -3.13. The summed E-state index contributed by atoms with van der Waals surface area (Å²) in [5, 5.41) is 10.4. The Balaban J connectivity index is 1.77. The molecule has 0 saturated carbocycles. The highest BCUT2D eigenvalue weighted by molar-refractivity contribution is 5.79. The second-order valence-electron chi connectivity index (χ2n) is 8.31. The summed E-state index contributed by atoms with van der Waals surface area (Å²) >= 11 is 0. The number of phenols is 1. The Morgan fingerprint density at radius 2 is 1.58 bits per heavy atom. The van der Waals surface area contributed by atoms with Gasteiger partial charge in [0.1, 0.15) is 0 Å². The topological polar surface area (TPSA) is 86.7 Å². The molecule has 5 rings (SSSR count). The number of carbonyl (C=O) groups excluding carboxylic acids is 1. The fraction of sp³-hybridized carbons (Fsp3) is 0.435. The highest BCUT2D eigenvalue weighted by Gasteiger charge is 2.53. The van der Waals surface area contributed by atoms with E-state index in [1.807, 2.05) is 26.2 Å². The molecule has 0 aromatic heterocycles. The van der Waals surface area contributed by atoms with Crippen molar-refractivity contribution in [1.29, 1.82) is 0 Å². The van der Waals surface area contributed by atoms with Crippen LogP contribution in [0.15, 0.2) is 24.3 Å². The summed E-state index contributed by atoms with van der Waals surface area (Å²) in [5.74, 6) is 0.888. The number of phenolic OH excluding ortho intramolecular Hbond substituents is 1. The number of hydrogen-bond acceptors (Lipinski definition) is 8. The third-order valence-corrected chi connectivity index (χ3v) is 6.57. The Morgan fingerprint density at radius 1 is 0.968 bits per heavy atom. The van der Waals surface area contributed by atoms with E-state index in [2.05, 4.69) is 4.90 Å². The molecule has 0 bridgehead atoms. The van der Waals surface area contributed by atoms with Crippen molar-refractivity contribution in [2.45, 2.75) is 12.0 Å². The molecule has 2 aliphatic heterocycles. The largest absolute Gasteiger partial charge is 0.502 e. The molecule has 1 aliphatic carbocycles. The molecule has 8 nitrogen and oxygen atoms in total. The normalized spacial score (nSPS) is 25.8. The summed E-state index contributed by atoms with van der Waals surface area (Å²) in [6, 6.07) is 7.49. The van der Waals surface area contributed by atoms with Crippen LogP contribution in [0.25, 0.3) is 0 Å². The van der Waals surface area contributed by atoms with E-state index in [-0.39, 0.29) is 53.8 Å². The third-order valence-electron chi connectivity index (χ3n) is 6.57. The molecule has 0 radical (unpaired) electrons. The second kappa shape index (κ2) is 7.23. The second-order valence-corrected chi connectivity index (χ2v) is 8.31. The molecule has 3 aliphatic rings. The van der Waals surface area contributed by atoms with Gasteiger partial charge in [-0.15, -0.1) is 0 Å². The first-order valence-electron chi connectivity index (χ1n) is 10.2. The fourth-order valence-corrected chi connectivity index (χ4v) is 5.29. The van der Waals surface area contributed by atoms with Crippen molar-refractivity contribution in [3.8, 4) is 28.7 Å². The predicted molar refractivity (Wildman–Crippen MR) is 110 cm³/mol. The number of fused-ring (bicyclic) bond motifs is 3. The van der Waals surface area contributed by atoms with Crippen molar-refractivity contribution in [3.63, 3.8) is 0 Å². The Bertz CT molecular complexity index is 1030. The van der Waals surface area contributed by atoms with E-state index in [0.717, 1.165) is 16.7 Å². The molecule has 164 valence electrons. The summed E-state index contributed by atoms with van der Waals surface area (Å²) in [7, 11) is 6.98. The number of rotatable bonds is 4. The zero-order chi connectivity index (χ0) is 21.9. The van der Waals surface area contributed by atoms with Crippen LogP contribution < -0.4 is 18.9 Å². The van der Waals surface area contributed by atoms with E-state index < -0.39 is 0 Å². The van der Waals surface area contributed by atoms with Crippen LogP contribution in [0.2, 0.25) is 0 Å². The minimum absolute atomic E-state index is 0.0156. The molecule has 1 saturated heterocycles. The van der Waals surface area contributed by atoms with Gasteiger partial charge in [0, 0.05) is 17.9 Å². The van der Waals surface area contributed by atoms with Crippen LogP contribution in [0, 0.1) is 11.8 Å². The molecule has 1 fully saturated rings. The van der Waals surface area contributed by atoms with Gasteiger partial charge in [0.25, 0.3) is 0 Å².